The highest BCUT2D eigenvalue weighted by Gasteiger charge is 2.23. The Bertz CT molecular complexity index is 1630. The number of phenols is 2. The molecule has 0 aliphatic heterocycles. The summed E-state index contributed by atoms with van der Waals surface area (Å²) in [6, 6.07) is 6.91. The van der Waals surface area contributed by atoms with Crippen LogP contribution in [-0.4, -0.2) is 50.3 Å². The third-order valence-electron chi connectivity index (χ3n) is 4.54. The fourth-order valence-electron chi connectivity index (χ4n) is 2.84. The van der Waals surface area contributed by atoms with Gasteiger partial charge in [-0.2, -0.15) is 16.8 Å². The third-order valence-corrected chi connectivity index (χ3v) is 7.99. The molecule has 0 bridgehead atoms. The van der Waals surface area contributed by atoms with Gasteiger partial charge in [-0.3, -0.25) is 9.11 Å². The van der Waals surface area contributed by atoms with E-state index in [9.17, 15) is 44.6 Å². The molecule has 0 saturated carbocycles. The molecule has 15 heteroatoms. The van der Waals surface area contributed by atoms with Gasteiger partial charge in [0, 0.05) is 5.39 Å². The predicted octanol–water partition coefficient (Wildman–Crippen LogP) is 2.95. The molecule has 0 saturated heterocycles. The Labute approximate surface area is 188 Å². The average molecular weight is 517 g/mol. The molecule has 0 spiro atoms. The van der Waals surface area contributed by atoms with Crippen molar-refractivity contribution < 1.29 is 44.6 Å². The minimum atomic E-state index is -5.01. The van der Waals surface area contributed by atoms with Crippen molar-refractivity contribution >= 4 is 52.2 Å². The first kappa shape index (κ1) is 24.5. The number of phenolic OH excluding ortho intramolecular Hbond substituents is 2. The summed E-state index contributed by atoms with van der Waals surface area (Å²) in [5.74, 6) is -1.74. The average Bonchev–Trinajstić information content (AvgIpc) is 2.71. The Morgan fingerprint density at radius 2 is 1.42 bits per heavy atom. The first-order valence-corrected chi connectivity index (χ1v) is 13.4. The topological polar surface area (TPSA) is 208 Å². The van der Waals surface area contributed by atoms with Crippen LogP contribution in [0.15, 0.2) is 67.4 Å². The summed E-state index contributed by atoms with van der Waals surface area (Å²) in [5, 5.41) is 27.6. The van der Waals surface area contributed by atoms with Crippen molar-refractivity contribution in [2.75, 3.05) is 5.75 Å². The summed E-state index contributed by atoms with van der Waals surface area (Å²) in [6.45, 7) is 1.41. The van der Waals surface area contributed by atoms with Crippen molar-refractivity contribution in [2.45, 2.75) is 21.6 Å². The summed E-state index contributed by atoms with van der Waals surface area (Å²) < 4.78 is 89.0. The number of aromatic hydroxyl groups is 2. The minimum absolute atomic E-state index is 0.0344. The SMILES string of the molecule is CCS(=O)(=O)c1ccc(O)c(N=Nc2c(O)c(S(=O)(=O)O)cc3cc(S(=O)(=O)O)ccc23)c1. The lowest BCUT2D eigenvalue weighted by atomic mass is 10.1. The molecule has 0 aliphatic carbocycles. The van der Waals surface area contributed by atoms with Crippen LogP contribution in [0, 0.1) is 0 Å². The molecular weight excluding hydrogens is 500 g/mol. The molecular formula is C18H16N2O10S3. The first-order chi connectivity index (χ1) is 15.1. The summed E-state index contributed by atoms with van der Waals surface area (Å²) >= 11 is 0. The quantitative estimate of drug-likeness (QED) is 0.278. The molecule has 0 amide bonds. The highest BCUT2D eigenvalue weighted by Crippen LogP contribution is 2.42. The van der Waals surface area contributed by atoms with Crippen LogP contribution < -0.4 is 0 Å². The maximum atomic E-state index is 12.1. The largest absolute Gasteiger partial charge is 0.506 e. The van der Waals surface area contributed by atoms with Crippen molar-refractivity contribution in [3.63, 3.8) is 0 Å². The van der Waals surface area contributed by atoms with E-state index in [1.807, 2.05) is 0 Å². The van der Waals surface area contributed by atoms with E-state index in [2.05, 4.69) is 10.2 Å². The molecule has 0 atom stereocenters. The van der Waals surface area contributed by atoms with Gasteiger partial charge in [0.15, 0.2) is 15.6 Å². The van der Waals surface area contributed by atoms with Crippen LogP contribution in [0.2, 0.25) is 0 Å². The standard InChI is InChI=1S/C18H16N2O10S3/c1-2-31(23,24)11-4-6-15(21)14(9-11)19-20-17-13-5-3-12(32(25,26)27)7-10(13)8-16(18(17)22)33(28,29)30/h3-9,21-22H,2H2,1H3,(H,25,26,27)(H,28,29,30). The van der Waals surface area contributed by atoms with E-state index in [0.29, 0.717) is 0 Å². The summed E-state index contributed by atoms with van der Waals surface area (Å²) in [7, 11) is -13.3. The number of benzene rings is 3. The van der Waals surface area contributed by atoms with Gasteiger partial charge in [0.2, 0.25) is 0 Å². The minimum Gasteiger partial charge on any atom is -0.506 e. The molecule has 0 unspecified atom stereocenters. The van der Waals surface area contributed by atoms with E-state index in [-0.39, 0.29) is 27.1 Å². The van der Waals surface area contributed by atoms with Gasteiger partial charge in [-0.15, -0.1) is 10.2 Å². The van der Waals surface area contributed by atoms with Crippen molar-refractivity contribution in [3.8, 4) is 11.5 Å². The van der Waals surface area contributed by atoms with Gasteiger partial charge < -0.3 is 10.2 Å². The zero-order valence-corrected chi connectivity index (χ0v) is 19.1. The van der Waals surface area contributed by atoms with Gasteiger partial charge in [-0.1, -0.05) is 13.0 Å². The van der Waals surface area contributed by atoms with Crippen LogP contribution in [-0.2, 0) is 30.1 Å². The number of azo groups is 1. The Kier molecular flexibility index (Phi) is 6.20. The van der Waals surface area contributed by atoms with E-state index in [1.54, 1.807) is 0 Å². The molecule has 33 heavy (non-hydrogen) atoms. The van der Waals surface area contributed by atoms with Crippen LogP contribution in [0.25, 0.3) is 10.8 Å². The van der Waals surface area contributed by atoms with Gasteiger partial charge in [0.1, 0.15) is 22.0 Å². The second kappa shape index (κ2) is 8.35. The fourth-order valence-corrected chi connectivity index (χ4v) is 4.87. The zero-order chi connectivity index (χ0) is 24.8. The number of hydrogen-bond acceptors (Lipinski definition) is 10. The highest BCUT2D eigenvalue weighted by atomic mass is 32.2. The number of fused-ring (bicyclic) bond motifs is 1. The van der Waals surface area contributed by atoms with Crippen LogP contribution in [0.4, 0.5) is 11.4 Å². The van der Waals surface area contributed by atoms with E-state index in [0.717, 1.165) is 42.5 Å². The molecule has 0 aliphatic rings. The van der Waals surface area contributed by atoms with Gasteiger partial charge >= 0.3 is 0 Å². The van der Waals surface area contributed by atoms with Crippen molar-refractivity contribution in [1.82, 2.24) is 0 Å². The molecule has 12 nitrogen and oxygen atoms in total. The summed E-state index contributed by atoms with van der Waals surface area (Å²) in [4.78, 5) is -1.79. The number of sulfone groups is 1. The van der Waals surface area contributed by atoms with Gasteiger partial charge in [0.05, 0.1) is 15.5 Å². The zero-order valence-electron chi connectivity index (χ0n) is 16.6. The summed E-state index contributed by atoms with van der Waals surface area (Å²) in [5.41, 5.74) is -0.867. The third kappa shape index (κ3) is 4.96. The molecule has 3 rings (SSSR count). The van der Waals surface area contributed by atoms with Crippen LogP contribution in [0.5, 0.6) is 11.5 Å². The molecule has 4 N–H and O–H groups in total. The predicted molar refractivity (Wildman–Crippen MR) is 115 cm³/mol. The lowest BCUT2D eigenvalue weighted by Gasteiger charge is -2.10. The summed E-state index contributed by atoms with van der Waals surface area (Å²) in [6.07, 6.45) is 0. The number of hydrogen-bond donors (Lipinski definition) is 4. The van der Waals surface area contributed by atoms with Crippen molar-refractivity contribution in [3.05, 3.63) is 42.5 Å². The Morgan fingerprint density at radius 3 is 2.00 bits per heavy atom. The smallest absolute Gasteiger partial charge is 0.298 e. The second-order valence-corrected chi connectivity index (χ2v) is 11.7. The molecule has 0 heterocycles. The van der Waals surface area contributed by atoms with Crippen LogP contribution in [0.1, 0.15) is 6.92 Å². The van der Waals surface area contributed by atoms with Crippen LogP contribution >= 0.6 is 0 Å². The number of nitrogens with zero attached hydrogens (tertiary/aromatic N) is 2. The first-order valence-electron chi connectivity index (χ1n) is 8.87. The van der Waals surface area contributed by atoms with E-state index < -0.39 is 57.1 Å². The second-order valence-electron chi connectivity index (χ2n) is 6.66. The fraction of sp³-hybridized carbons (Fsp3) is 0.111. The van der Waals surface area contributed by atoms with E-state index in [1.165, 1.54) is 6.92 Å². The maximum absolute atomic E-state index is 12.1. The van der Waals surface area contributed by atoms with E-state index >= 15 is 0 Å². The molecule has 176 valence electrons. The van der Waals surface area contributed by atoms with Gasteiger partial charge in [0.25, 0.3) is 20.2 Å². The van der Waals surface area contributed by atoms with Crippen molar-refractivity contribution in [1.29, 1.82) is 0 Å². The van der Waals surface area contributed by atoms with Gasteiger partial charge in [-0.25, -0.2) is 8.42 Å². The molecule has 3 aromatic carbocycles. The Balaban J connectivity index is 2.30. The van der Waals surface area contributed by atoms with Crippen molar-refractivity contribution in [2.24, 2.45) is 10.2 Å². The Hall–Kier alpha value is -3.11. The van der Waals surface area contributed by atoms with Gasteiger partial charge in [-0.05, 0) is 41.8 Å². The molecule has 0 radical (unpaired) electrons. The lowest BCUT2D eigenvalue weighted by Crippen LogP contribution is -2.02. The van der Waals surface area contributed by atoms with E-state index in [4.69, 9.17) is 0 Å². The molecule has 3 aromatic rings. The monoisotopic (exact) mass is 516 g/mol. The highest BCUT2D eigenvalue weighted by molar-refractivity contribution is 7.91. The lowest BCUT2D eigenvalue weighted by molar-refractivity contribution is 0.444. The van der Waals surface area contributed by atoms with Crippen LogP contribution in [0.3, 0.4) is 0 Å². The maximum Gasteiger partial charge on any atom is 0.298 e. The normalized spacial score (nSPS) is 13.1. The number of rotatable bonds is 6. The molecule has 0 fully saturated rings. The molecule has 0 aromatic heterocycles. The Morgan fingerprint density at radius 1 is 0.788 bits per heavy atom.